The molecule has 1 amide bonds. The number of rotatable bonds is 8. The SMILES string of the molecule is Cc1nc(-n2nc(-c3cccs3)cc2NC(=O)COc2ccc(Cl)cc2Cl)[nH]c(=O)c1Cc1ccccc1. The van der Waals surface area contributed by atoms with Gasteiger partial charge in [-0.1, -0.05) is 59.6 Å². The summed E-state index contributed by atoms with van der Waals surface area (Å²) in [6.07, 6.45) is 0.447. The van der Waals surface area contributed by atoms with E-state index in [4.69, 9.17) is 27.9 Å². The molecule has 3 aromatic heterocycles. The number of ether oxygens (including phenoxy) is 1. The number of aryl methyl sites for hydroxylation is 1. The lowest BCUT2D eigenvalue weighted by molar-refractivity contribution is -0.118. The van der Waals surface area contributed by atoms with Crippen molar-refractivity contribution in [3.05, 3.63) is 109 Å². The molecule has 11 heteroatoms. The van der Waals surface area contributed by atoms with Gasteiger partial charge in [-0.15, -0.1) is 11.3 Å². The quantitative estimate of drug-likeness (QED) is 0.243. The Morgan fingerprint density at radius 3 is 2.63 bits per heavy atom. The molecule has 5 aromatic rings. The highest BCUT2D eigenvalue weighted by molar-refractivity contribution is 7.13. The number of hydrogen-bond acceptors (Lipinski definition) is 6. The molecule has 0 spiro atoms. The van der Waals surface area contributed by atoms with E-state index in [2.05, 4.69) is 20.4 Å². The Labute approximate surface area is 231 Å². The van der Waals surface area contributed by atoms with Crippen LogP contribution in [0.3, 0.4) is 0 Å². The number of anilines is 1. The van der Waals surface area contributed by atoms with Crippen molar-refractivity contribution in [3.8, 4) is 22.3 Å². The maximum absolute atomic E-state index is 13.1. The predicted octanol–water partition coefficient (Wildman–Crippen LogP) is 5.91. The Morgan fingerprint density at radius 1 is 1.11 bits per heavy atom. The lowest BCUT2D eigenvalue weighted by Gasteiger charge is -2.11. The topological polar surface area (TPSA) is 102 Å². The summed E-state index contributed by atoms with van der Waals surface area (Å²) in [5, 5.41) is 10.1. The molecule has 8 nitrogen and oxygen atoms in total. The second-order valence-electron chi connectivity index (χ2n) is 8.33. The Bertz CT molecular complexity index is 1650. The highest BCUT2D eigenvalue weighted by atomic mass is 35.5. The largest absolute Gasteiger partial charge is 0.482 e. The number of nitrogens with one attached hydrogen (secondary N) is 2. The average molecular weight is 566 g/mol. The fourth-order valence-corrected chi connectivity index (χ4v) is 4.94. The van der Waals surface area contributed by atoms with Gasteiger partial charge in [-0.2, -0.15) is 9.78 Å². The van der Waals surface area contributed by atoms with Gasteiger partial charge >= 0.3 is 0 Å². The summed E-state index contributed by atoms with van der Waals surface area (Å²) >= 11 is 13.6. The molecule has 2 N–H and O–H groups in total. The Hall–Kier alpha value is -3.92. The summed E-state index contributed by atoms with van der Waals surface area (Å²) in [7, 11) is 0. The first-order valence-electron chi connectivity index (χ1n) is 11.5. The zero-order chi connectivity index (χ0) is 26.6. The van der Waals surface area contributed by atoms with Crippen LogP contribution in [0.25, 0.3) is 16.5 Å². The molecule has 0 saturated carbocycles. The van der Waals surface area contributed by atoms with E-state index in [1.807, 2.05) is 47.8 Å². The van der Waals surface area contributed by atoms with Gasteiger partial charge in [0.05, 0.1) is 15.6 Å². The van der Waals surface area contributed by atoms with Crippen molar-refractivity contribution < 1.29 is 9.53 Å². The maximum Gasteiger partial charge on any atom is 0.263 e. The normalized spacial score (nSPS) is 10.9. The lowest BCUT2D eigenvalue weighted by atomic mass is 10.1. The van der Waals surface area contributed by atoms with Crippen LogP contribution in [0.15, 0.2) is 76.9 Å². The van der Waals surface area contributed by atoms with Crippen LogP contribution in [0.2, 0.25) is 10.0 Å². The number of aromatic amines is 1. The molecular weight excluding hydrogens is 545 g/mol. The van der Waals surface area contributed by atoms with E-state index in [-0.39, 0.29) is 18.1 Å². The minimum absolute atomic E-state index is 0.184. The van der Waals surface area contributed by atoms with Gasteiger partial charge in [0.2, 0.25) is 5.95 Å². The minimum atomic E-state index is -0.449. The molecule has 0 aliphatic carbocycles. The van der Waals surface area contributed by atoms with Gasteiger partial charge in [0, 0.05) is 23.1 Å². The number of thiophene rings is 1. The van der Waals surface area contributed by atoms with E-state index in [1.54, 1.807) is 25.1 Å². The number of aromatic nitrogens is 4. The van der Waals surface area contributed by atoms with Crippen molar-refractivity contribution in [2.75, 3.05) is 11.9 Å². The number of amides is 1. The van der Waals surface area contributed by atoms with E-state index in [0.29, 0.717) is 45.0 Å². The number of carbonyl (C=O) groups excluding carboxylic acids is 1. The molecule has 0 fully saturated rings. The summed E-state index contributed by atoms with van der Waals surface area (Å²) in [6, 6.07) is 20.0. The van der Waals surface area contributed by atoms with Gasteiger partial charge < -0.3 is 10.1 Å². The standard InChI is InChI=1S/C27H21Cl2N5O3S/c1-16-19(12-17-6-3-2-4-7-17)26(36)32-27(30-16)34-24(14-21(33-34)23-8-5-11-38-23)31-25(35)15-37-22-10-9-18(28)13-20(22)29/h2-11,13-14H,12,15H2,1H3,(H,31,35)(H,30,32,36). The van der Waals surface area contributed by atoms with Gasteiger partial charge in [-0.25, -0.2) is 4.98 Å². The van der Waals surface area contributed by atoms with Crippen LogP contribution in [0.1, 0.15) is 16.8 Å². The zero-order valence-electron chi connectivity index (χ0n) is 20.1. The fraction of sp³-hybridized carbons (Fsp3) is 0.111. The summed E-state index contributed by atoms with van der Waals surface area (Å²) in [5.74, 6) is 0.385. The molecule has 192 valence electrons. The van der Waals surface area contributed by atoms with Crippen molar-refractivity contribution >= 4 is 46.3 Å². The molecule has 0 radical (unpaired) electrons. The fourth-order valence-electron chi connectivity index (χ4n) is 3.79. The van der Waals surface area contributed by atoms with Crippen LogP contribution in [0.4, 0.5) is 5.82 Å². The Morgan fingerprint density at radius 2 is 1.92 bits per heavy atom. The van der Waals surface area contributed by atoms with E-state index in [9.17, 15) is 9.59 Å². The molecular formula is C27H21Cl2N5O3S. The highest BCUT2D eigenvalue weighted by Gasteiger charge is 2.18. The predicted molar refractivity (Wildman–Crippen MR) is 150 cm³/mol. The number of halogens is 2. The third kappa shape index (κ3) is 5.80. The summed E-state index contributed by atoms with van der Waals surface area (Å²) in [5.41, 5.74) is 2.47. The van der Waals surface area contributed by atoms with Gasteiger partial charge in [-0.3, -0.25) is 14.6 Å². The minimum Gasteiger partial charge on any atom is -0.482 e. The third-order valence-electron chi connectivity index (χ3n) is 5.64. The molecule has 0 unspecified atom stereocenters. The second kappa shape index (κ2) is 11.2. The molecule has 0 aliphatic rings. The van der Waals surface area contributed by atoms with E-state index >= 15 is 0 Å². The van der Waals surface area contributed by atoms with Crippen LogP contribution in [0, 0.1) is 6.92 Å². The monoisotopic (exact) mass is 565 g/mol. The number of H-pyrrole nitrogens is 1. The van der Waals surface area contributed by atoms with Gasteiger partial charge in [0.15, 0.2) is 6.61 Å². The third-order valence-corrected chi connectivity index (χ3v) is 7.06. The number of nitrogens with zero attached hydrogens (tertiary/aromatic N) is 3. The first-order valence-corrected chi connectivity index (χ1v) is 13.2. The first kappa shape index (κ1) is 25.7. The summed E-state index contributed by atoms with van der Waals surface area (Å²) in [6.45, 7) is 1.47. The van der Waals surface area contributed by atoms with Gasteiger partial charge in [0.1, 0.15) is 17.3 Å². The maximum atomic E-state index is 13.1. The van der Waals surface area contributed by atoms with Crippen molar-refractivity contribution in [2.24, 2.45) is 0 Å². The zero-order valence-corrected chi connectivity index (χ0v) is 22.4. The number of hydrogen-bond donors (Lipinski definition) is 2. The molecule has 3 heterocycles. The van der Waals surface area contributed by atoms with Crippen molar-refractivity contribution in [1.82, 2.24) is 19.7 Å². The van der Waals surface area contributed by atoms with Crippen molar-refractivity contribution in [1.29, 1.82) is 0 Å². The van der Waals surface area contributed by atoms with E-state index < -0.39 is 5.91 Å². The van der Waals surface area contributed by atoms with Crippen LogP contribution in [-0.4, -0.2) is 32.3 Å². The number of carbonyl (C=O) groups is 1. The Balaban J connectivity index is 1.43. The second-order valence-corrected chi connectivity index (χ2v) is 10.1. The first-order chi connectivity index (χ1) is 18.4. The van der Waals surface area contributed by atoms with Crippen LogP contribution in [-0.2, 0) is 11.2 Å². The lowest BCUT2D eigenvalue weighted by Crippen LogP contribution is -2.24. The van der Waals surface area contributed by atoms with Crippen molar-refractivity contribution in [2.45, 2.75) is 13.3 Å². The molecule has 38 heavy (non-hydrogen) atoms. The summed E-state index contributed by atoms with van der Waals surface area (Å²) in [4.78, 5) is 34.2. The van der Waals surface area contributed by atoms with Gasteiger partial charge in [-0.05, 0) is 42.1 Å². The molecule has 2 aromatic carbocycles. The van der Waals surface area contributed by atoms with Crippen LogP contribution >= 0.6 is 34.5 Å². The summed E-state index contributed by atoms with van der Waals surface area (Å²) < 4.78 is 6.96. The Kier molecular flexibility index (Phi) is 7.59. The van der Waals surface area contributed by atoms with E-state index in [0.717, 1.165) is 10.4 Å². The van der Waals surface area contributed by atoms with Crippen molar-refractivity contribution in [3.63, 3.8) is 0 Å². The number of benzene rings is 2. The molecule has 0 atom stereocenters. The molecule has 5 rings (SSSR count). The van der Waals surface area contributed by atoms with Crippen LogP contribution in [0.5, 0.6) is 5.75 Å². The smallest absolute Gasteiger partial charge is 0.263 e. The molecule has 0 aliphatic heterocycles. The van der Waals surface area contributed by atoms with Crippen LogP contribution < -0.4 is 15.6 Å². The molecule has 0 saturated heterocycles. The highest BCUT2D eigenvalue weighted by Crippen LogP contribution is 2.29. The molecule has 0 bridgehead atoms. The van der Waals surface area contributed by atoms with Gasteiger partial charge in [0.25, 0.3) is 11.5 Å². The van der Waals surface area contributed by atoms with E-state index in [1.165, 1.54) is 22.1 Å². The average Bonchev–Trinajstić information content (AvgIpc) is 3.57.